The first-order chi connectivity index (χ1) is 12.4. The first-order valence-electron chi connectivity index (χ1n) is 8.04. The van der Waals surface area contributed by atoms with Crippen LogP contribution in [0.25, 0.3) is 0 Å². The molecule has 0 unspecified atom stereocenters. The fourth-order valence-corrected chi connectivity index (χ4v) is 2.77. The van der Waals surface area contributed by atoms with Gasteiger partial charge in [0, 0.05) is 0 Å². The molecule has 134 valence electrons. The van der Waals surface area contributed by atoms with Crippen molar-refractivity contribution < 1.29 is 23.5 Å². The second-order valence-electron chi connectivity index (χ2n) is 5.95. The van der Waals surface area contributed by atoms with E-state index in [9.17, 15) is 18.8 Å². The number of carbonyl (C=O) groups is 3. The van der Waals surface area contributed by atoms with Crippen molar-refractivity contribution in [2.45, 2.75) is 20.0 Å². The van der Waals surface area contributed by atoms with E-state index >= 15 is 0 Å². The number of rotatable bonds is 4. The SMILES string of the molecule is CC(=O)c1cc(F)ccc1O[C@@H](C)C(=O)N1CC(=O)Nc2ccccc21. The Balaban J connectivity index is 1.85. The fourth-order valence-electron chi connectivity index (χ4n) is 2.77. The second-order valence-corrected chi connectivity index (χ2v) is 5.95. The van der Waals surface area contributed by atoms with Gasteiger partial charge in [0.05, 0.1) is 16.9 Å². The lowest BCUT2D eigenvalue weighted by Crippen LogP contribution is -2.47. The number of nitrogens with zero attached hydrogens (tertiary/aromatic N) is 1. The zero-order valence-corrected chi connectivity index (χ0v) is 14.3. The van der Waals surface area contributed by atoms with E-state index in [2.05, 4.69) is 5.32 Å². The quantitative estimate of drug-likeness (QED) is 0.855. The molecule has 7 heteroatoms. The average molecular weight is 356 g/mol. The lowest BCUT2D eigenvalue weighted by Gasteiger charge is -2.31. The van der Waals surface area contributed by atoms with Crippen LogP contribution in [0, 0.1) is 5.82 Å². The number of ether oxygens (including phenoxy) is 1. The Bertz CT molecular complexity index is 897. The van der Waals surface area contributed by atoms with E-state index in [1.54, 1.807) is 24.3 Å². The van der Waals surface area contributed by atoms with E-state index in [4.69, 9.17) is 4.74 Å². The number of benzene rings is 2. The summed E-state index contributed by atoms with van der Waals surface area (Å²) in [5.41, 5.74) is 1.16. The molecule has 1 aliphatic heterocycles. The minimum Gasteiger partial charge on any atom is -0.480 e. The standard InChI is InChI=1S/C19H17FN2O4/c1-11(23)14-9-13(20)7-8-17(14)26-12(2)19(25)22-10-18(24)21-15-5-3-4-6-16(15)22/h3-9,12H,10H2,1-2H3,(H,21,24)/t12-/m0/s1. The van der Waals surface area contributed by atoms with E-state index in [-0.39, 0.29) is 29.5 Å². The molecule has 1 N–H and O–H groups in total. The first-order valence-corrected chi connectivity index (χ1v) is 8.04. The predicted molar refractivity (Wildman–Crippen MR) is 93.9 cm³/mol. The normalized spacial score (nSPS) is 14.3. The van der Waals surface area contributed by atoms with Crippen LogP contribution in [-0.2, 0) is 9.59 Å². The van der Waals surface area contributed by atoms with Crippen LogP contribution >= 0.6 is 0 Å². The number of hydrogen-bond donors (Lipinski definition) is 1. The van der Waals surface area contributed by atoms with Crippen molar-refractivity contribution >= 4 is 29.0 Å². The number of hydrogen-bond acceptors (Lipinski definition) is 4. The van der Waals surface area contributed by atoms with E-state index in [1.165, 1.54) is 24.8 Å². The number of amides is 2. The number of halogens is 1. The van der Waals surface area contributed by atoms with Gasteiger partial charge in [-0.15, -0.1) is 0 Å². The molecule has 26 heavy (non-hydrogen) atoms. The van der Waals surface area contributed by atoms with Crippen LogP contribution in [0.4, 0.5) is 15.8 Å². The molecule has 0 aromatic heterocycles. The third-order valence-electron chi connectivity index (χ3n) is 4.01. The number of Topliss-reactive ketones (excluding diaryl/α,β-unsaturated/α-hetero) is 1. The molecule has 2 aromatic rings. The van der Waals surface area contributed by atoms with Crippen LogP contribution in [-0.4, -0.2) is 30.2 Å². The van der Waals surface area contributed by atoms with Crippen LogP contribution < -0.4 is 15.0 Å². The molecule has 0 aliphatic carbocycles. The molecule has 1 aliphatic rings. The van der Waals surface area contributed by atoms with Gasteiger partial charge in [0.15, 0.2) is 11.9 Å². The molecule has 0 spiro atoms. The summed E-state index contributed by atoms with van der Waals surface area (Å²) in [6, 6.07) is 10.5. The molecule has 1 atom stereocenters. The van der Waals surface area contributed by atoms with Crippen LogP contribution in [0.15, 0.2) is 42.5 Å². The smallest absolute Gasteiger partial charge is 0.268 e. The topological polar surface area (TPSA) is 75.7 Å². The Labute approximate surface area is 149 Å². The summed E-state index contributed by atoms with van der Waals surface area (Å²) < 4.78 is 19.0. The molecular weight excluding hydrogens is 339 g/mol. The highest BCUT2D eigenvalue weighted by Crippen LogP contribution is 2.30. The summed E-state index contributed by atoms with van der Waals surface area (Å²) in [5.74, 6) is -1.57. The monoisotopic (exact) mass is 356 g/mol. The van der Waals surface area contributed by atoms with E-state index < -0.39 is 17.8 Å². The number of nitrogens with one attached hydrogen (secondary N) is 1. The third kappa shape index (κ3) is 3.42. The maximum Gasteiger partial charge on any atom is 0.268 e. The van der Waals surface area contributed by atoms with Gasteiger partial charge in [-0.3, -0.25) is 19.3 Å². The summed E-state index contributed by atoms with van der Waals surface area (Å²) in [7, 11) is 0. The Hall–Kier alpha value is -3.22. The van der Waals surface area contributed by atoms with Crippen molar-refractivity contribution in [2.24, 2.45) is 0 Å². The average Bonchev–Trinajstić information content (AvgIpc) is 2.61. The zero-order valence-electron chi connectivity index (χ0n) is 14.3. The molecular formula is C19H17FN2O4. The highest BCUT2D eigenvalue weighted by atomic mass is 19.1. The van der Waals surface area contributed by atoms with Crippen molar-refractivity contribution in [1.82, 2.24) is 0 Å². The van der Waals surface area contributed by atoms with Crippen molar-refractivity contribution in [1.29, 1.82) is 0 Å². The molecule has 0 saturated heterocycles. The predicted octanol–water partition coefficient (Wildman–Crippen LogP) is 2.78. The highest BCUT2D eigenvalue weighted by Gasteiger charge is 2.31. The summed E-state index contributed by atoms with van der Waals surface area (Å²) in [6.45, 7) is 2.68. The zero-order chi connectivity index (χ0) is 18.8. The minimum absolute atomic E-state index is 0.0569. The largest absolute Gasteiger partial charge is 0.480 e. The van der Waals surface area contributed by atoms with Gasteiger partial charge in [0.2, 0.25) is 5.91 Å². The van der Waals surface area contributed by atoms with Crippen molar-refractivity contribution in [3.63, 3.8) is 0 Å². The third-order valence-corrected chi connectivity index (χ3v) is 4.01. The molecule has 2 aromatic carbocycles. The number of fused-ring (bicyclic) bond motifs is 1. The van der Waals surface area contributed by atoms with Crippen molar-refractivity contribution in [3.8, 4) is 5.75 Å². The molecule has 1 heterocycles. The van der Waals surface area contributed by atoms with E-state index in [0.717, 1.165) is 12.1 Å². The molecule has 0 bridgehead atoms. The maximum absolute atomic E-state index is 13.4. The van der Waals surface area contributed by atoms with Gasteiger partial charge in [-0.25, -0.2) is 4.39 Å². The Morgan fingerprint density at radius 3 is 2.69 bits per heavy atom. The summed E-state index contributed by atoms with van der Waals surface area (Å²) in [6.07, 6.45) is -0.975. The summed E-state index contributed by atoms with van der Waals surface area (Å²) >= 11 is 0. The van der Waals surface area contributed by atoms with Crippen LogP contribution in [0.5, 0.6) is 5.75 Å². The van der Waals surface area contributed by atoms with Crippen molar-refractivity contribution in [3.05, 3.63) is 53.8 Å². The lowest BCUT2D eigenvalue weighted by atomic mass is 10.1. The van der Waals surface area contributed by atoms with Gasteiger partial charge in [-0.05, 0) is 44.2 Å². The molecule has 0 radical (unpaired) electrons. The lowest BCUT2D eigenvalue weighted by molar-refractivity contribution is -0.126. The maximum atomic E-state index is 13.4. The van der Waals surface area contributed by atoms with Gasteiger partial charge < -0.3 is 10.1 Å². The van der Waals surface area contributed by atoms with Gasteiger partial charge in [0.25, 0.3) is 5.91 Å². The number of carbonyl (C=O) groups excluding carboxylic acids is 3. The molecule has 3 rings (SSSR count). The number of para-hydroxylation sites is 2. The van der Waals surface area contributed by atoms with Crippen LogP contribution in [0.2, 0.25) is 0 Å². The first kappa shape index (κ1) is 17.6. The summed E-state index contributed by atoms with van der Waals surface area (Å²) in [5, 5.41) is 2.70. The Kier molecular flexibility index (Phi) is 4.71. The molecule has 0 saturated carbocycles. The van der Waals surface area contributed by atoms with Crippen LogP contribution in [0.1, 0.15) is 24.2 Å². The van der Waals surface area contributed by atoms with E-state index in [0.29, 0.717) is 11.4 Å². The molecule has 6 nitrogen and oxygen atoms in total. The highest BCUT2D eigenvalue weighted by molar-refractivity contribution is 6.11. The fraction of sp³-hybridized carbons (Fsp3) is 0.211. The second kappa shape index (κ2) is 6.95. The Morgan fingerprint density at radius 2 is 1.96 bits per heavy atom. The van der Waals surface area contributed by atoms with E-state index in [1.807, 2.05) is 0 Å². The van der Waals surface area contributed by atoms with Gasteiger partial charge in [0.1, 0.15) is 18.1 Å². The van der Waals surface area contributed by atoms with Crippen molar-refractivity contribution in [2.75, 3.05) is 16.8 Å². The molecule has 0 fully saturated rings. The summed E-state index contributed by atoms with van der Waals surface area (Å²) in [4.78, 5) is 37.7. The minimum atomic E-state index is -0.975. The Morgan fingerprint density at radius 1 is 1.23 bits per heavy atom. The number of ketones is 1. The van der Waals surface area contributed by atoms with Gasteiger partial charge in [-0.1, -0.05) is 12.1 Å². The van der Waals surface area contributed by atoms with Gasteiger partial charge >= 0.3 is 0 Å². The van der Waals surface area contributed by atoms with Crippen LogP contribution in [0.3, 0.4) is 0 Å². The molecule has 2 amide bonds. The van der Waals surface area contributed by atoms with Gasteiger partial charge in [-0.2, -0.15) is 0 Å². The number of anilines is 2.